The van der Waals surface area contributed by atoms with Crippen LogP contribution in [-0.4, -0.2) is 41.4 Å². The number of allylic oxidation sites excluding steroid dienone is 3. The van der Waals surface area contributed by atoms with Crippen molar-refractivity contribution in [2.24, 2.45) is 16.1 Å². The molecule has 10 heteroatoms. The summed E-state index contributed by atoms with van der Waals surface area (Å²) in [4.78, 5) is 20.4. The van der Waals surface area contributed by atoms with Crippen molar-refractivity contribution in [1.82, 2.24) is 10.3 Å². The molecule has 2 heterocycles. The van der Waals surface area contributed by atoms with E-state index < -0.39 is 35.2 Å². The highest BCUT2D eigenvalue weighted by Gasteiger charge is 2.64. The lowest BCUT2D eigenvalue weighted by molar-refractivity contribution is -0.145. The van der Waals surface area contributed by atoms with Gasteiger partial charge in [-0.3, -0.25) is 9.79 Å². The minimum atomic E-state index is -3.51. The van der Waals surface area contributed by atoms with Gasteiger partial charge in [0.25, 0.3) is 11.8 Å². The first-order chi connectivity index (χ1) is 13.5. The van der Waals surface area contributed by atoms with Crippen LogP contribution in [0.25, 0.3) is 0 Å². The Labute approximate surface area is 170 Å². The van der Waals surface area contributed by atoms with Gasteiger partial charge in [0.15, 0.2) is 0 Å². The van der Waals surface area contributed by atoms with E-state index in [1.165, 1.54) is 25.3 Å². The largest absolute Gasteiger partial charge is 0.386 e. The number of nitrogens with one attached hydrogen (secondary N) is 1. The molecule has 2 aliphatic rings. The Kier molecular flexibility index (Phi) is 5.48. The molecular formula is C19H20ClF3N4O2. The number of aromatic nitrogens is 1. The van der Waals surface area contributed by atoms with Crippen LogP contribution in [0.4, 0.5) is 13.2 Å². The summed E-state index contributed by atoms with van der Waals surface area (Å²) < 4.78 is 49.8. The molecule has 6 nitrogen and oxygen atoms in total. The molecule has 2 atom stereocenters. The number of amides is 1. The number of hydrogen-bond donors (Lipinski definition) is 2. The average molecular weight is 429 g/mol. The van der Waals surface area contributed by atoms with E-state index in [1.807, 2.05) is 0 Å². The van der Waals surface area contributed by atoms with E-state index in [9.17, 15) is 18.0 Å². The zero-order valence-corrected chi connectivity index (χ0v) is 16.6. The van der Waals surface area contributed by atoms with Crippen LogP contribution in [-0.2, 0) is 4.74 Å². The summed E-state index contributed by atoms with van der Waals surface area (Å²) in [6, 6.07) is 3.06. The summed E-state index contributed by atoms with van der Waals surface area (Å²) in [5.41, 5.74) is 1.84. The number of ether oxygens (including phenoxy) is 1. The van der Waals surface area contributed by atoms with Crippen LogP contribution < -0.4 is 11.1 Å². The quantitative estimate of drug-likeness (QED) is 0.772. The van der Waals surface area contributed by atoms with Gasteiger partial charge < -0.3 is 15.8 Å². The second-order valence-electron chi connectivity index (χ2n) is 7.38. The second-order valence-corrected chi connectivity index (χ2v) is 7.78. The molecule has 0 bridgehead atoms. The van der Waals surface area contributed by atoms with Crippen molar-refractivity contribution in [1.29, 1.82) is 0 Å². The summed E-state index contributed by atoms with van der Waals surface area (Å²) >= 11 is 5.97. The number of rotatable bonds is 3. The molecule has 3 rings (SSSR count). The van der Waals surface area contributed by atoms with Crippen LogP contribution >= 0.6 is 11.6 Å². The number of nitrogens with two attached hydrogens (primary N) is 1. The summed E-state index contributed by atoms with van der Waals surface area (Å²) in [5, 5.41) is 2.70. The second kappa shape index (κ2) is 7.46. The lowest BCUT2D eigenvalue weighted by atomic mass is 9.63. The number of carbonyl (C=O) groups excluding carboxylic acids is 1. The lowest BCUT2D eigenvalue weighted by Crippen LogP contribution is -2.58. The van der Waals surface area contributed by atoms with Crippen LogP contribution in [0.15, 0.2) is 47.0 Å². The van der Waals surface area contributed by atoms with Crippen molar-refractivity contribution in [2.45, 2.75) is 31.7 Å². The Morgan fingerprint density at radius 3 is 2.76 bits per heavy atom. The van der Waals surface area contributed by atoms with E-state index in [4.69, 9.17) is 22.1 Å². The highest BCUT2D eigenvalue weighted by Crippen LogP contribution is 2.55. The Morgan fingerprint density at radius 1 is 1.34 bits per heavy atom. The van der Waals surface area contributed by atoms with E-state index in [0.29, 0.717) is 0 Å². The lowest BCUT2D eigenvalue weighted by Gasteiger charge is -2.47. The predicted molar refractivity (Wildman–Crippen MR) is 103 cm³/mol. The number of carbonyl (C=O) groups is 1. The number of alkyl halides is 2. The van der Waals surface area contributed by atoms with Gasteiger partial charge >= 0.3 is 0 Å². The first kappa shape index (κ1) is 21.3. The van der Waals surface area contributed by atoms with Crippen LogP contribution in [0.1, 0.15) is 30.8 Å². The predicted octanol–water partition coefficient (Wildman–Crippen LogP) is 3.39. The van der Waals surface area contributed by atoms with Crippen LogP contribution in [0.2, 0.25) is 5.02 Å². The molecule has 0 spiro atoms. The van der Waals surface area contributed by atoms with E-state index in [-0.39, 0.29) is 35.3 Å². The van der Waals surface area contributed by atoms with Crippen LogP contribution in [0.3, 0.4) is 0 Å². The standard InChI is InChI=1S/C19H20ClF3N4O2/c1-17(18(2)19(22,23)10-29-9-14(24)27-18)8-11(5-6-13(17)21)26-16(28)15-12(20)4-3-7-25-15/h3-7H,8-10H2,1-2H3,(H2,24,27)(H,26,28)/t17?,18-/m1/s1. The van der Waals surface area contributed by atoms with Gasteiger partial charge in [0.2, 0.25) is 0 Å². The van der Waals surface area contributed by atoms with E-state index in [2.05, 4.69) is 15.3 Å². The zero-order valence-electron chi connectivity index (χ0n) is 15.8. The zero-order chi connectivity index (χ0) is 21.4. The third-order valence-electron chi connectivity index (χ3n) is 5.44. The maximum atomic E-state index is 15.0. The summed E-state index contributed by atoms with van der Waals surface area (Å²) in [6.45, 7) is 1.24. The molecule has 1 amide bonds. The van der Waals surface area contributed by atoms with Crippen molar-refractivity contribution in [2.75, 3.05) is 13.2 Å². The molecule has 3 N–H and O–H groups in total. The van der Waals surface area contributed by atoms with Gasteiger partial charge in [-0.05, 0) is 31.2 Å². The molecule has 0 saturated carbocycles. The maximum absolute atomic E-state index is 15.0. The summed E-state index contributed by atoms with van der Waals surface area (Å²) in [6.07, 6.45) is 3.49. The number of pyridine rings is 1. The summed E-state index contributed by atoms with van der Waals surface area (Å²) in [5.74, 6) is -5.10. The number of hydrogen-bond acceptors (Lipinski definition) is 5. The summed E-state index contributed by atoms with van der Waals surface area (Å²) in [7, 11) is 0. The fraction of sp³-hybridized carbons (Fsp3) is 0.421. The molecule has 0 saturated heterocycles. The highest BCUT2D eigenvalue weighted by atomic mass is 35.5. The van der Waals surface area contributed by atoms with Gasteiger partial charge in [0.1, 0.15) is 36.1 Å². The molecule has 1 aromatic rings. The van der Waals surface area contributed by atoms with E-state index >= 15 is 0 Å². The van der Waals surface area contributed by atoms with Gasteiger partial charge in [0.05, 0.1) is 10.4 Å². The molecule has 1 aromatic heterocycles. The third kappa shape index (κ3) is 3.64. The van der Waals surface area contributed by atoms with Crippen LogP contribution in [0, 0.1) is 5.41 Å². The van der Waals surface area contributed by atoms with Gasteiger partial charge in [-0.2, -0.15) is 0 Å². The SMILES string of the molecule is CC1([C@@]2(C)N=C(N)COCC2(F)F)CC(NC(=O)c2ncccc2Cl)=CC=C1F. The Bertz CT molecular complexity index is 934. The fourth-order valence-electron chi connectivity index (χ4n) is 3.48. The van der Waals surface area contributed by atoms with Gasteiger partial charge in [-0.25, -0.2) is 18.2 Å². The third-order valence-corrected chi connectivity index (χ3v) is 5.74. The Hall–Kier alpha value is -2.39. The monoisotopic (exact) mass is 428 g/mol. The van der Waals surface area contributed by atoms with Crippen molar-refractivity contribution in [3.63, 3.8) is 0 Å². The van der Waals surface area contributed by atoms with E-state index in [0.717, 1.165) is 13.0 Å². The molecule has 156 valence electrons. The normalized spacial score (nSPS) is 29.2. The smallest absolute Gasteiger partial charge is 0.296 e. The first-order valence-corrected chi connectivity index (χ1v) is 9.16. The van der Waals surface area contributed by atoms with Gasteiger partial charge in [0, 0.05) is 18.3 Å². The Morgan fingerprint density at radius 2 is 2.07 bits per heavy atom. The number of nitrogens with zero attached hydrogens (tertiary/aromatic N) is 2. The number of aliphatic imine (C=N–C) groups is 1. The maximum Gasteiger partial charge on any atom is 0.296 e. The molecule has 1 unspecified atom stereocenters. The minimum absolute atomic E-state index is 0.0338. The van der Waals surface area contributed by atoms with Crippen molar-refractivity contribution in [3.05, 3.63) is 52.7 Å². The first-order valence-electron chi connectivity index (χ1n) is 8.79. The molecule has 0 fully saturated rings. The van der Waals surface area contributed by atoms with Crippen molar-refractivity contribution >= 4 is 23.3 Å². The average Bonchev–Trinajstić information content (AvgIpc) is 2.74. The molecule has 0 aromatic carbocycles. The molecule has 1 aliphatic heterocycles. The Balaban J connectivity index is 1.94. The minimum Gasteiger partial charge on any atom is -0.386 e. The molecule has 1 aliphatic carbocycles. The van der Waals surface area contributed by atoms with Crippen molar-refractivity contribution < 1.29 is 22.7 Å². The van der Waals surface area contributed by atoms with Crippen molar-refractivity contribution in [3.8, 4) is 0 Å². The van der Waals surface area contributed by atoms with E-state index in [1.54, 1.807) is 6.07 Å². The highest BCUT2D eigenvalue weighted by molar-refractivity contribution is 6.33. The van der Waals surface area contributed by atoms with Crippen LogP contribution in [0.5, 0.6) is 0 Å². The number of halogens is 4. The molecule has 0 radical (unpaired) electrons. The fourth-order valence-corrected chi connectivity index (χ4v) is 3.69. The molecular weight excluding hydrogens is 409 g/mol. The molecule has 29 heavy (non-hydrogen) atoms. The van der Waals surface area contributed by atoms with Gasteiger partial charge in [-0.1, -0.05) is 18.5 Å². The van der Waals surface area contributed by atoms with Gasteiger partial charge in [-0.15, -0.1) is 0 Å². The topological polar surface area (TPSA) is 89.6 Å². The number of amidine groups is 1.